The van der Waals surface area contributed by atoms with E-state index < -0.39 is 18.1 Å². The van der Waals surface area contributed by atoms with Crippen molar-refractivity contribution in [2.75, 3.05) is 11.9 Å². The van der Waals surface area contributed by atoms with Gasteiger partial charge in [0.15, 0.2) is 0 Å². The van der Waals surface area contributed by atoms with Crippen molar-refractivity contribution in [1.82, 2.24) is 20.5 Å². The molecule has 0 saturated carbocycles. The minimum atomic E-state index is -1.58. The van der Waals surface area contributed by atoms with E-state index in [2.05, 4.69) is 31.9 Å². The maximum atomic E-state index is 12.0. The van der Waals surface area contributed by atoms with Crippen LogP contribution in [0.1, 0.15) is 33.3 Å². The van der Waals surface area contributed by atoms with Crippen molar-refractivity contribution in [2.24, 2.45) is 0 Å². The van der Waals surface area contributed by atoms with Crippen LogP contribution in [0.15, 0.2) is 48.9 Å². The molecule has 0 bridgehead atoms. The zero-order valence-corrected chi connectivity index (χ0v) is 23.5. The number of ether oxygens (including phenoxy) is 1. The van der Waals surface area contributed by atoms with Gasteiger partial charge in [-0.15, -0.1) is 19.1 Å². The Labute approximate surface area is 221 Å². The maximum absolute atomic E-state index is 12.0. The molecule has 3 aromatic rings. The van der Waals surface area contributed by atoms with Crippen molar-refractivity contribution in [2.45, 2.75) is 33.3 Å². The van der Waals surface area contributed by atoms with Gasteiger partial charge in [0.2, 0.25) is 0 Å². The molecule has 0 atom stereocenters. The van der Waals surface area contributed by atoms with Gasteiger partial charge in [-0.3, -0.25) is 5.10 Å². The third-order valence-corrected chi connectivity index (χ3v) is 3.85. The number of carbonyl (C=O) groups is 1. The van der Waals surface area contributed by atoms with Gasteiger partial charge in [-0.1, -0.05) is 5.69 Å². The molecule has 0 aliphatic carbocycles. The molecule has 1 amide bonds. The zero-order valence-electron chi connectivity index (χ0n) is 19.3. The summed E-state index contributed by atoms with van der Waals surface area (Å²) in [4.78, 5) is 16.4. The minimum Gasteiger partial charge on any atom is -0.444 e. The molecule has 0 aliphatic rings. The van der Waals surface area contributed by atoms with Crippen molar-refractivity contribution < 1.29 is 49.4 Å². The fourth-order valence-electron chi connectivity index (χ4n) is 2.67. The predicted octanol–water partition coefficient (Wildman–Crippen LogP) is 5.34. The molecular weight excluding hydrogens is 668 g/mol. The monoisotopic (exact) mass is 694 g/mol. The zero-order chi connectivity index (χ0) is 24.4. The van der Waals surface area contributed by atoms with Crippen LogP contribution in [-0.2, 0) is 4.74 Å². The third kappa shape index (κ3) is 10.0. The van der Waals surface area contributed by atoms with Crippen molar-refractivity contribution in [3.8, 4) is 11.1 Å². The molecule has 0 radical (unpaired) electrons. The molecule has 2 heterocycles. The summed E-state index contributed by atoms with van der Waals surface area (Å²) in [6, 6.07) is 12.1. The number of nitrogens with one attached hydrogen (secondary N) is 4. The van der Waals surface area contributed by atoms with Crippen LogP contribution in [0.3, 0.4) is 0 Å². The molecule has 3 rings (SSSR count). The molecule has 8 nitrogen and oxygen atoms in total. The van der Waals surface area contributed by atoms with Gasteiger partial charge in [0.05, 0.1) is 18.5 Å². The predicted molar refractivity (Wildman–Crippen MR) is 123 cm³/mol. The number of nitrogens with zero attached hydrogens (tertiary/aromatic N) is 2. The molecule has 4 N–H and O–H groups in total. The van der Waals surface area contributed by atoms with E-state index in [9.17, 15) is 13.6 Å². The minimum absolute atomic E-state index is 0. The first-order valence-corrected chi connectivity index (χ1v) is 9.97. The summed E-state index contributed by atoms with van der Waals surface area (Å²) >= 11 is 0. The van der Waals surface area contributed by atoms with E-state index in [-0.39, 0.29) is 43.4 Å². The molecule has 2 aromatic heterocycles. The summed E-state index contributed by atoms with van der Waals surface area (Å²) < 4.78 is 25.8. The first-order valence-electron chi connectivity index (χ1n) is 9.97. The average molecular weight is 695 g/mol. The molecule has 11 heteroatoms. The maximum Gasteiger partial charge on any atom is 2.00 e. The molecule has 178 valence electrons. The standard InChI is InChI=1S/C21H23N6O2.C2H3F2.U/c1-21(2,3)29-20(28)24-13-17(22)18-16(14-11-25-26-12-14)9-10-23-19(18)27-15-7-5-4-6-8-15;1-2(3)4;/h5-12,22H,13H2,1-3H3,(H,23,27)(H,24,28)(H,25,26);1H3;/q2*-1;+2. The van der Waals surface area contributed by atoms with Crippen LogP contribution in [0, 0.1) is 49.0 Å². The Morgan fingerprint density at radius 3 is 2.47 bits per heavy atom. The summed E-state index contributed by atoms with van der Waals surface area (Å²) in [6.07, 6.45) is 2.92. The van der Waals surface area contributed by atoms with E-state index >= 15 is 0 Å². The molecule has 0 fully saturated rings. The summed E-state index contributed by atoms with van der Waals surface area (Å²) in [5, 5.41) is 21.3. The van der Waals surface area contributed by atoms with Crippen molar-refractivity contribution in [1.29, 1.82) is 5.41 Å². The molecule has 0 aliphatic heterocycles. The van der Waals surface area contributed by atoms with E-state index in [0.29, 0.717) is 11.4 Å². The van der Waals surface area contributed by atoms with Gasteiger partial charge in [0.1, 0.15) is 11.4 Å². The number of aromatic amines is 1. The van der Waals surface area contributed by atoms with E-state index in [1.165, 1.54) is 0 Å². The van der Waals surface area contributed by atoms with E-state index in [4.69, 9.17) is 10.1 Å². The van der Waals surface area contributed by atoms with Crippen LogP contribution in [0.2, 0.25) is 0 Å². The average Bonchev–Trinajstić information content (AvgIpc) is 3.26. The SMILES string of the molecule is CC(C)(C)OC(=O)NCC(=N)c1c(-c2cn[nH]c2)ccnc1Nc1cc[c-]cc1.C[C-](F)F.[U+2]. The first kappa shape index (κ1) is 29.3. The molecule has 34 heavy (non-hydrogen) atoms. The van der Waals surface area contributed by atoms with Crippen molar-refractivity contribution >= 4 is 23.3 Å². The Kier molecular flexibility index (Phi) is 11.9. The van der Waals surface area contributed by atoms with Gasteiger partial charge < -0.3 is 29.6 Å². The van der Waals surface area contributed by atoms with Crippen molar-refractivity contribution in [3.63, 3.8) is 0 Å². The smallest absolute Gasteiger partial charge is 0.444 e. The number of H-pyrrole nitrogens is 1. The number of anilines is 2. The Balaban J connectivity index is 0.00000107. The van der Waals surface area contributed by atoms with E-state index in [1.807, 2.05) is 18.2 Å². The first-order chi connectivity index (χ1) is 15.6. The summed E-state index contributed by atoms with van der Waals surface area (Å²) in [5.74, 6) is 0.505. The van der Waals surface area contributed by atoms with Gasteiger partial charge in [-0.2, -0.15) is 23.3 Å². The molecule has 1 aromatic carbocycles. The van der Waals surface area contributed by atoms with Gasteiger partial charge in [-0.05, 0) is 38.8 Å². The van der Waals surface area contributed by atoms with Crippen LogP contribution in [-0.4, -0.2) is 39.1 Å². The Morgan fingerprint density at radius 2 is 1.91 bits per heavy atom. The second-order valence-corrected chi connectivity index (χ2v) is 7.77. The summed E-state index contributed by atoms with van der Waals surface area (Å²) in [6.45, 7) is 6.10. The Morgan fingerprint density at radius 1 is 1.26 bits per heavy atom. The Bertz CT molecular complexity index is 1040. The number of rotatable bonds is 6. The Hall–Kier alpha value is -2.77. The number of hydrogen-bond donors (Lipinski definition) is 4. The van der Waals surface area contributed by atoms with Crippen LogP contribution in [0.4, 0.5) is 25.1 Å². The molecule has 0 saturated heterocycles. The van der Waals surface area contributed by atoms with Gasteiger partial charge in [-0.25, -0.2) is 9.78 Å². The molecular formula is C23H26F2N6O2U. The van der Waals surface area contributed by atoms with Gasteiger partial charge in [0.25, 0.3) is 0 Å². The van der Waals surface area contributed by atoms with Crippen LogP contribution < -0.4 is 10.6 Å². The number of amides is 1. The number of pyridine rings is 1. The van der Waals surface area contributed by atoms with Crippen LogP contribution in [0.5, 0.6) is 0 Å². The second kappa shape index (κ2) is 13.8. The van der Waals surface area contributed by atoms with Gasteiger partial charge in [0, 0.05) is 23.5 Å². The number of hydrogen-bond acceptors (Lipinski definition) is 6. The topological polar surface area (TPSA) is 116 Å². The van der Waals surface area contributed by atoms with E-state index in [1.54, 1.807) is 51.5 Å². The molecule has 0 spiro atoms. The fourth-order valence-corrected chi connectivity index (χ4v) is 2.67. The number of alkyl carbamates (subject to hydrolysis) is 1. The summed E-state index contributed by atoms with van der Waals surface area (Å²) in [5.41, 5.74) is 2.54. The third-order valence-electron chi connectivity index (χ3n) is 3.85. The van der Waals surface area contributed by atoms with E-state index in [0.717, 1.165) is 23.7 Å². The second-order valence-electron chi connectivity index (χ2n) is 7.77. The number of aromatic nitrogens is 3. The van der Waals surface area contributed by atoms with Crippen molar-refractivity contribution in [3.05, 3.63) is 67.0 Å². The van der Waals surface area contributed by atoms with Gasteiger partial charge >= 0.3 is 37.2 Å². The number of benzene rings is 1. The quantitative estimate of drug-likeness (QED) is 0.206. The molecule has 0 unspecified atom stereocenters. The van der Waals surface area contributed by atoms with Crippen LogP contribution >= 0.6 is 0 Å². The normalized spacial score (nSPS) is 10.4. The fraction of sp³-hybridized carbons (Fsp3) is 0.261. The largest absolute Gasteiger partial charge is 2.00 e. The number of carbonyl (C=O) groups excluding carboxylic acids is 1. The summed E-state index contributed by atoms with van der Waals surface area (Å²) in [7, 11) is 0. The number of halogens is 2. The van der Waals surface area contributed by atoms with Crippen LogP contribution in [0.25, 0.3) is 11.1 Å².